The first-order valence-corrected chi connectivity index (χ1v) is 7.77. The first-order valence-electron chi connectivity index (χ1n) is 5.99. The molecule has 0 atom stereocenters. The van der Waals surface area contributed by atoms with Crippen LogP contribution < -0.4 is 5.32 Å². The topological polar surface area (TPSA) is 29.1 Å². The summed E-state index contributed by atoms with van der Waals surface area (Å²) in [6.45, 7) is 1.94. The molecule has 0 bridgehead atoms. The van der Waals surface area contributed by atoms with Crippen LogP contribution in [0.15, 0.2) is 51.8 Å². The van der Waals surface area contributed by atoms with Crippen molar-refractivity contribution < 1.29 is 9.18 Å². The molecule has 0 heterocycles. The Labute approximate surface area is 129 Å². The summed E-state index contributed by atoms with van der Waals surface area (Å²) in [4.78, 5) is 12.7. The lowest BCUT2D eigenvalue weighted by atomic mass is 10.2. The first-order chi connectivity index (χ1) is 9.54. The van der Waals surface area contributed by atoms with E-state index >= 15 is 0 Å². The average Bonchev–Trinajstić information content (AvgIpc) is 2.41. The molecule has 1 N–H and O–H groups in total. The van der Waals surface area contributed by atoms with Crippen LogP contribution >= 0.6 is 27.7 Å². The molecule has 20 heavy (non-hydrogen) atoms. The summed E-state index contributed by atoms with van der Waals surface area (Å²) < 4.78 is 13.7. The van der Waals surface area contributed by atoms with Gasteiger partial charge in [0.2, 0.25) is 5.91 Å². The molecular formula is C15H13BrFNOS. The summed E-state index contributed by atoms with van der Waals surface area (Å²) >= 11 is 4.76. The molecule has 2 nitrogen and oxygen atoms in total. The molecule has 2 aromatic carbocycles. The van der Waals surface area contributed by atoms with E-state index in [2.05, 4.69) is 21.2 Å². The largest absolute Gasteiger partial charge is 0.325 e. The smallest absolute Gasteiger partial charge is 0.234 e. The van der Waals surface area contributed by atoms with Crippen molar-refractivity contribution in [1.82, 2.24) is 0 Å². The molecule has 0 aromatic heterocycles. The van der Waals surface area contributed by atoms with Crippen LogP contribution in [0.2, 0.25) is 0 Å². The summed E-state index contributed by atoms with van der Waals surface area (Å²) in [5.74, 6) is -0.0600. The summed E-state index contributed by atoms with van der Waals surface area (Å²) in [5, 5.41) is 2.86. The van der Waals surface area contributed by atoms with Gasteiger partial charge in [0.25, 0.3) is 0 Å². The molecule has 0 saturated carbocycles. The maximum Gasteiger partial charge on any atom is 0.234 e. The Balaban J connectivity index is 1.90. The van der Waals surface area contributed by atoms with Crippen LogP contribution in [0.4, 0.5) is 10.1 Å². The lowest BCUT2D eigenvalue weighted by Crippen LogP contribution is -2.14. The van der Waals surface area contributed by atoms with E-state index in [0.717, 1.165) is 20.6 Å². The van der Waals surface area contributed by atoms with Crippen LogP contribution in [-0.2, 0) is 4.79 Å². The van der Waals surface area contributed by atoms with Gasteiger partial charge in [0.15, 0.2) is 0 Å². The number of amides is 1. The van der Waals surface area contributed by atoms with E-state index in [9.17, 15) is 9.18 Å². The molecular weight excluding hydrogens is 341 g/mol. The second kappa shape index (κ2) is 6.90. The van der Waals surface area contributed by atoms with Crippen molar-refractivity contribution in [3.8, 4) is 0 Å². The maximum absolute atomic E-state index is 12.8. The number of carbonyl (C=O) groups is 1. The molecule has 0 unspecified atom stereocenters. The van der Waals surface area contributed by atoms with Gasteiger partial charge in [-0.3, -0.25) is 4.79 Å². The molecule has 2 rings (SSSR count). The third kappa shape index (κ3) is 4.35. The predicted molar refractivity (Wildman–Crippen MR) is 84.6 cm³/mol. The normalized spacial score (nSPS) is 10.3. The van der Waals surface area contributed by atoms with Gasteiger partial charge >= 0.3 is 0 Å². The molecule has 104 valence electrons. The van der Waals surface area contributed by atoms with Crippen molar-refractivity contribution in [2.24, 2.45) is 0 Å². The highest BCUT2D eigenvalue weighted by Crippen LogP contribution is 2.21. The monoisotopic (exact) mass is 353 g/mol. The third-order valence-electron chi connectivity index (χ3n) is 2.65. The summed E-state index contributed by atoms with van der Waals surface area (Å²) in [5.41, 5.74) is 1.80. The van der Waals surface area contributed by atoms with E-state index < -0.39 is 0 Å². The fraction of sp³-hybridized carbons (Fsp3) is 0.133. The van der Waals surface area contributed by atoms with Crippen molar-refractivity contribution in [3.05, 3.63) is 58.3 Å². The zero-order valence-electron chi connectivity index (χ0n) is 10.8. The standard InChI is InChI=1S/C15H13BrFNOS/c1-10-8-11(16)2-7-14(10)18-15(19)9-20-13-5-3-12(17)4-6-13/h2-8H,9H2,1H3,(H,18,19). The molecule has 2 aromatic rings. The van der Waals surface area contributed by atoms with Crippen molar-refractivity contribution in [2.75, 3.05) is 11.1 Å². The minimum absolute atomic E-state index is 0.0789. The number of carbonyl (C=O) groups excluding carboxylic acids is 1. The predicted octanol–water partition coefficient (Wildman–Crippen LogP) is 4.63. The number of aryl methyl sites for hydroxylation is 1. The van der Waals surface area contributed by atoms with Crippen molar-refractivity contribution in [2.45, 2.75) is 11.8 Å². The number of benzene rings is 2. The minimum atomic E-state index is -0.274. The van der Waals surface area contributed by atoms with Gasteiger partial charge < -0.3 is 5.32 Å². The first kappa shape index (κ1) is 15.1. The zero-order valence-corrected chi connectivity index (χ0v) is 13.2. The summed E-state index contributed by atoms with van der Waals surface area (Å²) in [7, 11) is 0. The van der Waals surface area contributed by atoms with Crippen molar-refractivity contribution in [1.29, 1.82) is 0 Å². The maximum atomic E-state index is 12.8. The Kier molecular flexibility index (Phi) is 5.20. The number of halogens is 2. The van der Waals surface area contributed by atoms with E-state index in [4.69, 9.17) is 0 Å². The van der Waals surface area contributed by atoms with Crippen LogP contribution in [0.1, 0.15) is 5.56 Å². The van der Waals surface area contributed by atoms with Gasteiger partial charge in [-0.1, -0.05) is 15.9 Å². The molecule has 5 heteroatoms. The van der Waals surface area contributed by atoms with E-state index in [1.807, 2.05) is 25.1 Å². The Hall–Kier alpha value is -1.33. The average molecular weight is 354 g/mol. The highest BCUT2D eigenvalue weighted by Gasteiger charge is 2.06. The van der Waals surface area contributed by atoms with Gasteiger partial charge in [-0.05, 0) is 55.0 Å². The van der Waals surface area contributed by atoms with Gasteiger partial charge in [0.05, 0.1) is 5.75 Å². The molecule has 0 aliphatic rings. The van der Waals surface area contributed by atoms with Crippen molar-refractivity contribution >= 4 is 39.3 Å². The molecule has 1 amide bonds. The second-order valence-electron chi connectivity index (χ2n) is 4.25. The summed E-state index contributed by atoms with van der Waals surface area (Å²) in [6, 6.07) is 11.8. The third-order valence-corrected chi connectivity index (χ3v) is 4.15. The Morgan fingerprint density at radius 1 is 1.25 bits per heavy atom. The number of rotatable bonds is 4. The number of hydrogen-bond acceptors (Lipinski definition) is 2. The Morgan fingerprint density at radius 2 is 1.95 bits per heavy atom. The molecule has 0 radical (unpaired) electrons. The molecule has 0 fully saturated rings. The lowest BCUT2D eigenvalue weighted by Gasteiger charge is -2.08. The van der Waals surface area contributed by atoms with E-state index in [1.165, 1.54) is 23.9 Å². The van der Waals surface area contributed by atoms with Crippen molar-refractivity contribution in [3.63, 3.8) is 0 Å². The lowest BCUT2D eigenvalue weighted by molar-refractivity contribution is -0.113. The number of nitrogens with one attached hydrogen (secondary N) is 1. The number of hydrogen-bond donors (Lipinski definition) is 1. The molecule has 0 aliphatic heterocycles. The van der Waals surface area contributed by atoms with Crippen LogP contribution in [0.5, 0.6) is 0 Å². The molecule has 0 aliphatic carbocycles. The SMILES string of the molecule is Cc1cc(Br)ccc1NC(=O)CSc1ccc(F)cc1. The van der Waals surface area contributed by atoms with Crippen LogP contribution in [0, 0.1) is 12.7 Å². The van der Waals surface area contributed by atoms with Gasteiger partial charge in [-0.25, -0.2) is 4.39 Å². The Bertz CT molecular complexity index is 616. The molecule has 0 saturated heterocycles. The van der Waals surface area contributed by atoms with E-state index in [0.29, 0.717) is 5.75 Å². The quantitative estimate of drug-likeness (QED) is 0.812. The minimum Gasteiger partial charge on any atom is -0.325 e. The number of thioether (sulfide) groups is 1. The fourth-order valence-corrected chi connectivity index (χ4v) is 2.81. The summed E-state index contributed by atoms with van der Waals surface area (Å²) in [6.07, 6.45) is 0. The zero-order chi connectivity index (χ0) is 14.5. The van der Waals surface area contributed by atoms with Gasteiger partial charge in [0.1, 0.15) is 5.82 Å². The van der Waals surface area contributed by atoms with Gasteiger partial charge in [-0.15, -0.1) is 11.8 Å². The fourth-order valence-electron chi connectivity index (χ4n) is 1.63. The highest BCUT2D eigenvalue weighted by atomic mass is 79.9. The van der Waals surface area contributed by atoms with Crippen LogP contribution in [0.3, 0.4) is 0 Å². The van der Waals surface area contributed by atoms with E-state index in [1.54, 1.807) is 12.1 Å². The Morgan fingerprint density at radius 3 is 2.60 bits per heavy atom. The van der Waals surface area contributed by atoms with E-state index in [-0.39, 0.29) is 11.7 Å². The molecule has 0 spiro atoms. The van der Waals surface area contributed by atoms with Crippen LogP contribution in [0.25, 0.3) is 0 Å². The van der Waals surface area contributed by atoms with Gasteiger partial charge in [0, 0.05) is 15.1 Å². The van der Waals surface area contributed by atoms with Crippen LogP contribution in [-0.4, -0.2) is 11.7 Å². The second-order valence-corrected chi connectivity index (χ2v) is 6.21. The highest BCUT2D eigenvalue weighted by molar-refractivity contribution is 9.10. The van der Waals surface area contributed by atoms with Gasteiger partial charge in [-0.2, -0.15) is 0 Å². The number of anilines is 1.